The van der Waals surface area contributed by atoms with Crippen LogP contribution in [0.4, 0.5) is 4.39 Å². The Bertz CT molecular complexity index is 432. The van der Waals surface area contributed by atoms with Gasteiger partial charge < -0.3 is 10.8 Å². The van der Waals surface area contributed by atoms with E-state index in [1.165, 1.54) is 12.1 Å². The summed E-state index contributed by atoms with van der Waals surface area (Å²) >= 11 is 0. The molecule has 0 radical (unpaired) electrons. The first-order valence-corrected chi connectivity index (χ1v) is 4.34. The fourth-order valence-corrected chi connectivity index (χ4v) is 1.04. The molecule has 78 valence electrons. The summed E-state index contributed by atoms with van der Waals surface area (Å²) in [7, 11) is 0. The van der Waals surface area contributed by atoms with E-state index in [1.54, 1.807) is 0 Å². The van der Waals surface area contributed by atoms with Gasteiger partial charge in [-0.25, -0.2) is 4.39 Å². The van der Waals surface area contributed by atoms with Crippen molar-refractivity contribution in [1.82, 2.24) is 0 Å². The van der Waals surface area contributed by atoms with Crippen molar-refractivity contribution in [2.24, 2.45) is 5.73 Å². The highest BCUT2D eigenvalue weighted by Crippen LogP contribution is 2.09. The third-order valence-electron chi connectivity index (χ3n) is 1.71. The standard InChI is InChI=1S/C11H10FNO2/c12-9-5-4-8(3-1-2-6-14)10(7-9)11(13)15/h4-5,7,14H,2,6H2,(H2,13,15). The summed E-state index contributed by atoms with van der Waals surface area (Å²) in [6, 6.07) is 3.64. The Labute approximate surface area is 86.7 Å². The molecule has 0 atom stereocenters. The van der Waals surface area contributed by atoms with Crippen molar-refractivity contribution in [3.05, 3.63) is 35.1 Å². The van der Waals surface area contributed by atoms with Gasteiger partial charge in [-0.1, -0.05) is 11.8 Å². The first kappa shape index (κ1) is 11.2. The van der Waals surface area contributed by atoms with Crippen LogP contribution in [0.25, 0.3) is 0 Å². The number of nitrogens with two attached hydrogens (primary N) is 1. The molecule has 1 amide bonds. The van der Waals surface area contributed by atoms with Gasteiger partial charge in [-0.15, -0.1) is 0 Å². The molecule has 0 bridgehead atoms. The first-order valence-electron chi connectivity index (χ1n) is 4.34. The molecule has 0 saturated heterocycles. The van der Waals surface area contributed by atoms with Crippen molar-refractivity contribution in [3.63, 3.8) is 0 Å². The van der Waals surface area contributed by atoms with Crippen molar-refractivity contribution in [1.29, 1.82) is 0 Å². The van der Waals surface area contributed by atoms with Crippen molar-refractivity contribution in [2.45, 2.75) is 6.42 Å². The molecule has 3 N–H and O–H groups in total. The molecule has 4 heteroatoms. The number of aliphatic hydroxyl groups excluding tert-OH is 1. The second-order valence-corrected chi connectivity index (χ2v) is 2.83. The molecule has 0 heterocycles. The Hall–Kier alpha value is -1.86. The Morgan fingerprint density at radius 3 is 2.87 bits per heavy atom. The number of amides is 1. The molecule has 0 aliphatic carbocycles. The van der Waals surface area contributed by atoms with E-state index in [2.05, 4.69) is 11.8 Å². The fraction of sp³-hybridized carbons (Fsp3) is 0.182. The van der Waals surface area contributed by atoms with E-state index in [0.29, 0.717) is 12.0 Å². The van der Waals surface area contributed by atoms with Crippen LogP contribution < -0.4 is 5.73 Å². The summed E-state index contributed by atoms with van der Waals surface area (Å²) in [4.78, 5) is 10.9. The SMILES string of the molecule is NC(=O)c1cc(F)ccc1C#CCCO. The lowest BCUT2D eigenvalue weighted by molar-refractivity contribution is 0.0999. The molecule has 0 unspecified atom stereocenters. The molecule has 0 spiro atoms. The minimum Gasteiger partial charge on any atom is -0.395 e. The highest BCUT2D eigenvalue weighted by atomic mass is 19.1. The third kappa shape index (κ3) is 3.08. The van der Waals surface area contributed by atoms with E-state index in [4.69, 9.17) is 10.8 Å². The Morgan fingerprint density at radius 2 is 2.27 bits per heavy atom. The second-order valence-electron chi connectivity index (χ2n) is 2.83. The van der Waals surface area contributed by atoms with Gasteiger partial charge in [0, 0.05) is 12.0 Å². The van der Waals surface area contributed by atoms with Crippen LogP contribution >= 0.6 is 0 Å². The highest BCUT2D eigenvalue weighted by molar-refractivity contribution is 5.95. The Kier molecular flexibility index (Phi) is 3.83. The summed E-state index contributed by atoms with van der Waals surface area (Å²) in [5.41, 5.74) is 5.49. The third-order valence-corrected chi connectivity index (χ3v) is 1.71. The normalized spacial score (nSPS) is 9.20. The molecular formula is C11H10FNO2. The molecule has 1 rings (SSSR count). The van der Waals surface area contributed by atoms with Crippen molar-refractivity contribution in [2.75, 3.05) is 6.61 Å². The molecule has 1 aromatic rings. The number of carbonyl (C=O) groups is 1. The monoisotopic (exact) mass is 207 g/mol. The average Bonchev–Trinajstić information content (AvgIpc) is 2.20. The van der Waals surface area contributed by atoms with Crippen LogP contribution in [0.3, 0.4) is 0 Å². The number of carbonyl (C=O) groups excluding carboxylic acids is 1. The van der Waals surface area contributed by atoms with E-state index >= 15 is 0 Å². The van der Waals surface area contributed by atoms with Gasteiger partial charge >= 0.3 is 0 Å². The number of hydrogen-bond acceptors (Lipinski definition) is 2. The van der Waals surface area contributed by atoms with Crippen LogP contribution in [0.2, 0.25) is 0 Å². The molecule has 0 saturated carbocycles. The van der Waals surface area contributed by atoms with Crippen LogP contribution in [0.15, 0.2) is 18.2 Å². The largest absolute Gasteiger partial charge is 0.395 e. The van der Waals surface area contributed by atoms with Gasteiger partial charge in [-0.2, -0.15) is 0 Å². The van der Waals surface area contributed by atoms with Crippen LogP contribution in [-0.4, -0.2) is 17.6 Å². The predicted octanol–water partition coefficient (Wildman–Crippen LogP) is 0.659. The summed E-state index contributed by atoms with van der Waals surface area (Å²) < 4.78 is 12.8. The number of rotatable bonds is 2. The van der Waals surface area contributed by atoms with Crippen molar-refractivity contribution in [3.8, 4) is 11.8 Å². The lowest BCUT2D eigenvalue weighted by Crippen LogP contribution is -2.13. The topological polar surface area (TPSA) is 63.3 Å². The van der Waals surface area contributed by atoms with Gasteiger partial charge in [-0.05, 0) is 18.2 Å². The highest BCUT2D eigenvalue weighted by Gasteiger charge is 2.07. The number of hydrogen-bond donors (Lipinski definition) is 2. The van der Waals surface area contributed by atoms with E-state index in [-0.39, 0.29) is 12.2 Å². The maximum absolute atomic E-state index is 12.8. The number of halogens is 1. The molecule has 0 aliphatic heterocycles. The van der Waals surface area contributed by atoms with E-state index < -0.39 is 11.7 Å². The van der Waals surface area contributed by atoms with Crippen LogP contribution in [0.1, 0.15) is 22.3 Å². The van der Waals surface area contributed by atoms with Crippen molar-refractivity contribution >= 4 is 5.91 Å². The lowest BCUT2D eigenvalue weighted by atomic mass is 10.1. The van der Waals surface area contributed by atoms with Gasteiger partial charge in [-0.3, -0.25) is 4.79 Å². The van der Waals surface area contributed by atoms with E-state index in [1.807, 2.05) is 0 Å². The smallest absolute Gasteiger partial charge is 0.250 e. The zero-order chi connectivity index (χ0) is 11.3. The predicted molar refractivity (Wildman–Crippen MR) is 53.5 cm³/mol. The zero-order valence-electron chi connectivity index (χ0n) is 7.96. The molecular weight excluding hydrogens is 197 g/mol. The molecule has 15 heavy (non-hydrogen) atoms. The van der Waals surface area contributed by atoms with E-state index in [0.717, 1.165) is 6.07 Å². The maximum Gasteiger partial charge on any atom is 0.250 e. The Balaban J connectivity index is 3.08. The quantitative estimate of drug-likeness (QED) is 0.700. The van der Waals surface area contributed by atoms with Crippen LogP contribution in [0, 0.1) is 17.7 Å². The minimum atomic E-state index is -0.720. The summed E-state index contributed by atoms with van der Waals surface area (Å²) in [5.74, 6) is 4.03. The number of benzene rings is 1. The van der Waals surface area contributed by atoms with Gasteiger partial charge in [0.25, 0.3) is 0 Å². The Morgan fingerprint density at radius 1 is 1.53 bits per heavy atom. The van der Waals surface area contributed by atoms with Gasteiger partial charge in [0.1, 0.15) is 5.82 Å². The molecule has 1 aromatic carbocycles. The van der Waals surface area contributed by atoms with Crippen LogP contribution in [-0.2, 0) is 0 Å². The number of aliphatic hydroxyl groups is 1. The minimum absolute atomic E-state index is 0.0555. The fourth-order valence-electron chi connectivity index (χ4n) is 1.04. The molecule has 0 aromatic heterocycles. The molecule has 0 fully saturated rings. The first-order chi connectivity index (χ1) is 7.15. The van der Waals surface area contributed by atoms with Gasteiger partial charge in [0.15, 0.2) is 0 Å². The second kappa shape index (κ2) is 5.13. The van der Waals surface area contributed by atoms with Gasteiger partial charge in [0.2, 0.25) is 5.91 Å². The molecule has 0 aliphatic rings. The van der Waals surface area contributed by atoms with Crippen molar-refractivity contribution < 1.29 is 14.3 Å². The summed E-state index contributed by atoms with van der Waals surface area (Å²) in [6.07, 6.45) is 0.301. The molecule has 3 nitrogen and oxygen atoms in total. The van der Waals surface area contributed by atoms with Gasteiger partial charge in [0.05, 0.1) is 12.2 Å². The lowest BCUT2D eigenvalue weighted by Gasteiger charge is -1.99. The van der Waals surface area contributed by atoms with E-state index in [9.17, 15) is 9.18 Å². The zero-order valence-corrected chi connectivity index (χ0v) is 7.96. The maximum atomic E-state index is 12.8. The summed E-state index contributed by atoms with van der Waals surface area (Å²) in [6.45, 7) is -0.0555. The summed E-state index contributed by atoms with van der Waals surface area (Å²) in [5, 5.41) is 8.51. The number of primary amides is 1. The van der Waals surface area contributed by atoms with Crippen LogP contribution in [0.5, 0.6) is 0 Å². The average molecular weight is 207 g/mol.